The number of aliphatic carboxylic acids is 1. The molecule has 27 heavy (non-hydrogen) atoms. The van der Waals surface area contributed by atoms with Crippen LogP contribution in [0.2, 0.25) is 0 Å². The molecule has 140 valence electrons. The van der Waals surface area contributed by atoms with Crippen molar-refractivity contribution in [1.82, 2.24) is 5.32 Å². The molecule has 0 aromatic heterocycles. The van der Waals surface area contributed by atoms with E-state index in [-0.39, 0.29) is 11.7 Å². The van der Waals surface area contributed by atoms with Gasteiger partial charge in [0, 0.05) is 17.1 Å². The van der Waals surface area contributed by atoms with Crippen LogP contribution in [-0.2, 0) is 16.0 Å². The highest BCUT2D eigenvalue weighted by Gasteiger charge is 2.24. The third kappa shape index (κ3) is 4.31. The number of hydrogen-bond donors (Lipinski definition) is 2. The maximum Gasteiger partial charge on any atom is 0.325 e. The van der Waals surface area contributed by atoms with Crippen LogP contribution in [0.4, 0.5) is 5.69 Å². The zero-order chi connectivity index (χ0) is 19.4. The summed E-state index contributed by atoms with van der Waals surface area (Å²) in [6, 6.07) is 13.8. The molecule has 0 fully saturated rings. The summed E-state index contributed by atoms with van der Waals surface area (Å²) in [6.07, 6.45) is 0.846. The molecule has 6 nitrogen and oxygen atoms in total. The Kier molecular flexibility index (Phi) is 5.81. The fraction of sp³-hybridized carbons (Fsp3) is 0.250. The highest BCUT2D eigenvalue weighted by atomic mass is 32.2. The molecule has 0 bridgehead atoms. The van der Waals surface area contributed by atoms with Crippen LogP contribution in [0.15, 0.2) is 53.4 Å². The van der Waals surface area contributed by atoms with Crippen LogP contribution in [0.1, 0.15) is 22.8 Å². The Balaban J connectivity index is 1.67. The van der Waals surface area contributed by atoms with Gasteiger partial charge in [0.25, 0.3) is 5.91 Å². The molecule has 2 amide bonds. The summed E-state index contributed by atoms with van der Waals surface area (Å²) in [4.78, 5) is 38.4. The molecule has 2 N–H and O–H groups in total. The van der Waals surface area contributed by atoms with E-state index in [2.05, 4.69) is 5.32 Å². The highest BCUT2D eigenvalue weighted by molar-refractivity contribution is 8.00. The van der Waals surface area contributed by atoms with Gasteiger partial charge < -0.3 is 15.3 Å². The van der Waals surface area contributed by atoms with Crippen LogP contribution >= 0.6 is 11.8 Å². The third-order valence-corrected chi connectivity index (χ3v) is 5.45. The van der Waals surface area contributed by atoms with E-state index < -0.39 is 17.9 Å². The van der Waals surface area contributed by atoms with Crippen molar-refractivity contribution in [3.63, 3.8) is 0 Å². The lowest BCUT2D eigenvalue weighted by atomic mass is 10.2. The minimum absolute atomic E-state index is 0.0148. The van der Waals surface area contributed by atoms with Crippen LogP contribution in [0, 0.1) is 0 Å². The van der Waals surface area contributed by atoms with Crippen molar-refractivity contribution in [2.45, 2.75) is 24.3 Å². The zero-order valence-electron chi connectivity index (χ0n) is 14.8. The number of carbonyl (C=O) groups is 3. The molecule has 0 aliphatic carbocycles. The van der Waals surface area contributed by atoms with E-state index in [0.717, 1.165) is 12.1 Å². The zero-order valence-corrected chi connectivity index (χ0v) is 15.7. The number of carboxylic acid groups (broad SMARTS) is 1. The molecular formula is C20H20N2O4S. The van der Waals surface area contributed by atoms with Crippen LogP contribution < -0.4 is 10.2 Å². The second-order valence-corrected chi connectivity index (χ2v) is 7.26. The Morgan fingerprint density at radius 2 is 1.85 bits per heavy atom. The molecule has 2 aromatic rings. The van der Waals surface area contributed by atoms with Gasteiger partial charge in [-0.25, -0.2) is 0 Å². The predicted octanol–water partition coefficient (Wildman–Crippen LogP) is 2.57. The molecule has 0 unspecified atom stereocenters. The molecule has 3 rings (SSSR count). The Morgan fingerprint density at radius 1 is 1.15 bits per heavy atom. The van der Waals surface area contributed by atoms with Gasteiger partial charge in [-0.1, -0.05) is 30.3 Å². The number of carbonyl (C=O) groups excluding carboxylic acids is 2. The number of nitrogens with zero attached hydrogens (tertiary/aromatic N) is 1. The van der Waals surface area contributed by atoms with Gasteiger partial charge in [-0.2, -0.15) is 0 Å². The fourth-order valence-electron chi connectivity index (χ4n) is 2.93. The number of fused-ring (bicyclic) bond motifs is 1. The van der Waals surface area contributed by atoms with Gasteiger partial charge in [0.15, 0.2) is 0 Å². The average molecular weight is 384 g/mol. The SMILES string of the molecule is C[C@H](NC(=O)c1ccccc1SCC(=O)N1CCc2ccccc21)C(=O)O. The van der Waals surface area contributed by atoms with Crippen molar-refractivity contribution in [3.05, 3.63) is 59.7 Å². The minimum atomic E-state index is -1.10. The number of nitrogens with one attached hydrogen (secondary N) is 1. The second-order valence-electron chi connectivity index (χ2n) is 6.24. The van der Waals surface area contributed by atoms with Crippen molar-refractivity contribution < 1.29 is 19.5 Å². The van der Waals surface area contributed by atoms with Crippen LogP contribution in [0.3, 0.4) is 0 Å². The fourth-order valence-corrected chi connectivity index (χ4v) is 3.86. The molecule has 1 heterocycles. The Bertz CT molecular complexity index is 884. The summed E-state index contributed by atoms with van der Waals surface area (Å²) in [5.41, 5.74) is 2.48. The van der Waals surface area contributed by atoms with Gasteiger partial charge in [-0.05, 0) is 37.1 Å². The lowest BCUT2D eigenvalue weighted by Gasteiger charge is -2.17. The summed E-state index contributed by atoms with van der Waals surface area (Å²) in [6.45, 7) is 2.07. The number of thioether (sulfide) groups is 1. The van der Waals surface area contributed by atoms with Gasteiger partial charge >= 0.3 is 5.97 Å². The summed E-state index contributed by atoms with van der Waals surface area (Å²) in [5.74, 6) is -1.38. The van der Waals surface area contributed by atoms with Crippen molar-refractivity contribution in [2.24, 2.45) is 0 Å². The normalized spacial score (nSPS) is 13.7. The predicted molar refractivity (Wildman–Crippen MR) is 104 cm³/mol. The Morgan fingerprint density at radius 3 is 2.63 bits per heavy atom. The largest absolute Gasteiger partial charge is 0.480 e. The Labute approximate surface area is 161 Å². The molecule has 1 aliphatic heterocycles. The van der Waals surface area contributed by atoms with Crippen molar-refractivity contribution in [3.8, 4) is 0 Å². The van der Waals surface area contributed by atoms with E-state index in [4.69, 9.17) is 5.11 Å². The maximum atomic E-state index is 12.7. The summed E-state index contributed by atoms with van der Waals surface area (Å²) in [5, 5.41) is 11.4. The molecule has 0 radical (unpaired) electrons. The third-order valence-electron chi connectivity index (χ3n) is 4.39. The van der Waals surface area contributed by atoms with Crippen molar-refractivity contribution in [1.29, 1.82) is 0 Å². The topological polar surface area (TPSA) is 86.7 Å². The summed E-state index contributed by atoms with van der Waals surface area (Å²) in [7, 11) is 0. The van der Waals surface area contributed by atoms with E-state index in [9.17, 15) is 14.4 Å². The van der Waals surface area contributed by atoms with E-state index >= 15 is 0 Å². The number of anilines is 1. The Hall–Kier alpha value is -2.80. The lowest BCUT2D eigenvalue weighted by molar-refractivity contribution is -0.138. The van der Waals surface area contributed by atoms with E-state index in [1.807, 2.05) is 24.3 Å². The number of carboxylic acids is 1. The van der Waals surface area contributed by atoms with E-state index in [0.29, 0.717) is 17.0 Å². The lowest BCUT2D eigenvalue weighted by Crippen LogP contribution is -2.38. The molecule has 2 aromatic carbocycles. The molecule has 0 saturated heterocycles. The van der Waals surface area contributed by atoms with Crippen LogP contribution in [-0.4, -0.2) is 41.2 Å². The van der Waals surface area contributed by atoms with Crippen molar-refractivity contribution in [2.75, 3.05) is 17.2 Å². The quantitative estimate of drug-likeness (QED) is 0.748. The van der Waals surface area contributed by atoms with Crippen LogP contribution in [0.25, 0.3) is 0 Å². The molecular weight excluding hydrogens is 364 g/mol. The smallest absolute Gasteiger partial charge is 0.325 e. The monoisotopic (exact) mass is 384 g/mol. The van der Waals surface area contributed by atoms with E-state index in [1.54, 1.807) is 29.2 Å². The molecule has 1 atom stereocenters. The second kappa shape index (κ2) is 8.26. The van der Waals surface area contributed by atoms with Gasteiger partial charge in [-0.3, -0.25) is 14.4 Å². The molecule has 7 heteroatoms. The van der Waals surface area contributed by atoms with Gasteiger partial charge in [0.2, 0.25) is 5.91 Å². The van der Waals surface area contributed by atoms with Crippen molar-refractivity contribution >= 4 is 35.2 Å². The molecule has 0 spiro atoms. The number of rotatable bonds is 6. The standard InChI is InChI=1S/C20H20N2O4S/c1-13(20(25)26)21-19(24)15-7-3-5-9-17(15)27-12-18(23)22-11-10-14-6-2-4-8-16(14)22/h2-9,13H,10-12H2,1H3,(H,21,24)(H,25,26)/t13-/m0/s1. The molecule has 0 saturated carbocycles. The highest BCUT2D eigenvalue weighted by Crippen LogP contribution is 2.29. The minimum Gasteiger partial charge on any atom is -0.480 e. The first-order chi connectivity index (χ1) is 13.0. The van der Waals surface area contributed by atoms with E-state index in [1.165, 1.54) is 24.2 Å². The van der Waals surface area contributed by atoms with Gasteiger partial charge in [-0.15, -0.1) is 11.8 Å². The maximum absolute atomic E-state index is 12.7. The molecule has 1 aliphatic rings. The number of benzene rings is 2. The first-order valence-corrected chi connectivity index (χ1v) is 9.59. The number of hydrogen-bond acceptors (Lipinski definition) is 4. The summed E-state index contributed by atoms with van der Waals surface area (Å²) < 4.78 is 0. The number of amides is 2. The summed E-state index contributed by atoms with van der Waals surface area (Å²) >= 11 is 1.28. The van der Waals surface area contributed by atoms with Gasteiger partial charge in [0.05, 0.1) is 11.3 Å². The number of para-hydroxylation sites is 1. The first-order valence-electron chi connectivity index (χ1n) is 8.61. The first kappa shape index (κ1) is 19.0. The van der Waals surface area contributed by atoms with Gasteiger partial charge in [0.1, 0.15) is 6.04 Å². The average Bonchev–Trinajstić information content (AvgIpc) is 3.10. The van der Waals surface area contributed by atoms with Crippen LogP contribution in [0.5, 0.6) is 0 Å².